The topological polar surface area (TPSA) is 55.1 Å². The van der Waals surface area contributed by atoms with E-state index in [1.54, 1.807) is 36.4 Å². The molecule has 21 heavy (non-hydrogen) atoms. The Kier molecular flexibility index (Phi) is 5.47. The lowest BCUT2D eigenvalue weighted by Gasteiger charge is -2.07. The van der Waals surface area contributed by atoms with Crippen LogP contribution in [0.25, 0.3) is 0 Å². The minimum atomic E-state index is -0.329. The van der Waals surface area contributed by atoms with Crippen LogP contribution in [0.1, 0.15) is 5.56 Å². The van der Waals surface area contributed by atoms with Gasteiger partial charge in [-0.3, -0.25) is 4.79 Å². The lowest BCUT2D eigenvalue weighted by molar-refractivity contribution is -0.118. The Morgan fingerprint density at radius 1 is 1.29 bits per heavy atom. The van der Waals surface area contributed by atoms with Crippen molar-refractivity contribution in [2.24, 2.45) is 0 Å². The molecule has 2 aromatic rings. The van der Waals surface area contributed by atoms with Crippen molar-refractivity contribution < 1.29 is 9.18 Å². The van der Waals surface area contributed by atoms with E-state index in [9.17, 15) is 9.18 Å². The van der Waals surface area contributed by atoms with Gasteiger partial charge in [-0.1, -0.05) is 29.8 Å². The van der Waals surface area contributed by atoms with Crippen molar-refractivity contribution in [3.8, 4) is 0 Å². The van der Waals surface area contributed by atoms with Gasteiger partial charge in [-0.15, -0.1) is 11.8 Å². The Balaban J connectivity index is 1.85. The fourth-order valence-corrected chi connectivity index (χ4v) is 2.76. The summed E-state index contributed by atoms with van der Waals surface area (Å²) in [5, 5.41) is 3.22. The number of nitrogens with two attached hydrogens (primary N) is 1. The summed E-state index contributed by atoms with van der Waals surface area (Å²) >= 11 is 7.31. The number of hydrogen-bond donors (Lipinski definition) is 2. The third-order valence-corrected chi connectivity index (χ3v) is 4.24. The first kappa shape index (κ1) is 15.7. The molecule has 0 radical (unpaired) electrons. The molecule has 0 unspecified atom stereocenters. The Morgan fingerprint density at radius 2 is 2.05 bits per heavy atom. The molecule has 0 spiro atoms. The second-order valence-electron chi connectivity index (χ2n) is 4.35. The van der Waals surface area contributed by atoms with E-state index < -0.39 is 0 Å². The third kappa shape index (κ3) is 4.65. The Hall–Kier alpha value is -1.72. The van der Waals surface area contributed by atoms with Crippen molar-refractivity contribution in [2.45, 2.75) is 11.4 Å². The van der Waals surface area contributed by atoms with Gasteiger partial charge in [-0.25, -0.2) is 4.39 Å². The zero-order chi connectivity index (χ0) is 15.2. The van der Waals surface area contributed by atoms with E-state index in [0.29, 0.717) is 16.3 Å². The maximum absolute atomic E-state index is 13.4. The first-order valence-corrected chi connectivity index (χ1v) is 7.60. The number of hydrogen-bond acceptors (Lipinski definition) is 3. The number of rotatable bonds is 5. The minimum Gasteiger partial charge on any atom is -0.399 e. The van der Waals surface area contributed by atoms with Gasteiger partial charge in [-0.2, -0.15) is 0 Å². The number of nitrogen functional groups attached to an aromatic ring is 1. The second-order valence-corrected chi connectivity index (χ2v) is 5.77. The van der Waals surface area contributed by atoms with Crippen LogP contribution in [0, 0.1) is 5.82 Å². The van der Waals surface area contributed by atoms with Gasteiger partial charge in [-0.05, 0) is 24.3 Å². The first-order chi connectivity index (χ1) is 10.1. The maximum Gasteiger partial charge on any atom is 0.230 e. The molecular formula is C15H14ClFN2OS. The van der Waals surface area contributed by atoms with Gasteiger partial charge in [0.15, 0.2) is 0 Å². The molecule has 0 aliphatic rings. The quantitative estimate of drug-likeness (QED) is 0.654. The van der Waals surface area contributed by atoms with Crippen molar-refractivity contribution in [1.29, 1.82) is 0 Å². The van der Waals surface area contributed by atoms with Gasteiger partial charge in [0, 0.05) is 22.7 Å². The number of halogens is 2. The zero-order valence-electron chi connectivity index (χ0n) is 11.1. The van der Waals surface area contributed by atoms with E-state index in [4.69, 9.17) is 17.3 Å². The SMILES string of the molecule is Nc1ccc(Cl)c(SCC(=O)NCc2ccccc2F)c1. The van der Waals surface area contributed by atoms with Crippen molar-refractivity contribution in [2.75, 3.05) is 11.5 Å². The van der Waals surface area contributed by atoms with Crippen LogP contribution < -0.4 is 11.1 Å². The molecule has 2 aromatic carbocycles. The van der Waals surface area contributed by atoms with E-state index in [-0.39, 0.29) is 24.0 Å². The summed E-state index contributed by atoms with van der Waals surface area (Å²) in [6, 6.07) is 11.4. The number of amides is 1. The molecule has 0 aliphatic carbocycles. The van der Waals surface area contributed by atoms with Gasteiger partial charge >= 0.3 is 0 Å². The average Bonchev–Trinajstić information content (AvgIpc) is 2.47. The minimum absolute atomic E-state index is 0.163. The zero-order valence-corrected chi connectivity index (χ0v) is 12.7. The number of carbonyl (C=O) groups is 1. The molecule has 0 atom stereocenters. The molecule has 0 saturated carbocycles. The molecule has 0 aromatic heterocycles. The molecule has 0 heterocycles. The van der Waals surface area contributed by atoms with E-state index in [1.165, 1.54) is 17.8 Å². The highest BCUT2D eigenvalue weighted by Crippen LogP contribution is 2.28. The lowest BCUT2D eigenvalue weighted by atomic mass is 10.2. The maximum atomic E-state index is 13.4. The molecule has 1 amide bonds. The van der Waals surface area contributed by atoms with Crippen LogP contribution in [0.15, 0.2) is 47.4 Å². The van der Waals surface area contributed by atoms with Gasteiger partial charge in [0.1, 0.15) is 5.82 Å². The van der Waals surface area contributed by atoms with Crippen LogP contribution in [-0.2, 0) is 11.3 Å². The molecule has 2 rings (SSSR count). The van der Waals surface area contributed by atoms with E-state index >= 15 is 0 Å². The number of anilines is 1. The van der Waals surface area contributed by atoms with Crippen LogP contribution in [0.2, 0.25) is 5.02 Å². The molecule has 0 aliphatic heterocycles. The van der Waals surface area contributed by atoms with Gasteiger partial charge in [0.2, 0.25) is 5.91 Å². The van der Waals surface area contributed by atoms with Crippen LogP contribution in [0.3, 0.4) is 0 Å². The molecule has 6 heteroatoms. The Labute approximate surface area is 131 Å². The summed E-state index contributed by atoms with van der Waals surface area (Å²) < 4.78 is 13.4. The van der Waals surface area contributed by atoms with Crippen molar-refractivity contribution in [1.82, 2.24) is 5.32 Å². The van der Waals surface area contributed by atoms with Crippen molar-refractivity contribution in [3.05, 3.63) is 58.9 Å². The fraction of sp³-hybridized carbons (Fsp3) is 0.133. The van der Waals surface area contributed by atoms with Gasteiger partial charge in [0.05, 0.1) is 10.8 Å². The van der Waals surface area contributed by atoms with Crippen LogP contribution >= 0.6 is 23.4 Å². The number of benzene rings is 2. The highest BCUT2D eigenvalue weighted by Gasteiger charge is 2.07. The van der Waals surface area contributed by atoms with Crippen molar-refractivity contribution >= 4 is 35.0 Å². The molecule has 110 valence electrons. The summed E-state index contributed by atoms with van der Waals surface area (Å²) in [4.78, 5) is 12.5. The van der Waals surface area contributed by atoms with Crippen LogP contribution in [-0.4, -0.2) is 11.7 Å². The number of carbonyl (C=O) groups excluding carboxylic acids is 1. The van der Waals surface area contributed by atoms with Gasteiger partial charge < -0.3 is 11.1 Å². The predicted octanol–water partition coefficient (Wildman–Crippen LogP) is 3.47. The molecule has 0 fully saturated rings. The second kappa shape index (κ2) is 7.33. The van der Waals surface area contributed by atoms with Crippen molar-refractivity contribution in [3.63, 3.8) is 0 Å². The van der Waals surface area contributed by atoms with E-state index in [0.717, 1.165) is 4.90 Å². The summed E-state index contributed by atoms with van der Waals surface area (Å²) in [5.74, 6) is -0.330. The first-order valence-electron chi connectivity index (χ1n) is 6.24. The summed E-state index contributed by atoms with van der Waals surface area (Å²) in [6.07, 6.45) is 0. The smallest absolute Gasteiger partial charge is 0.230 e. The largest absolute Gasteiger partial charge is 0.399 e. The lowest BCUT2D eigenvalue weighted by Crippen LogP contribution is -2.25. The predicted molar refractivity (Wildman–Crippen MR) is 84.8 cm³/mol. The normalized spacial score (nSPS) is 10.4. The molecule has 0 saturated heterocycles. The average molecular weight is 325 g/mol. The molecule has 3 N–H and O–H groups in total. The van der Waals surface area contributed by atoms with Crippen LogP contribution in [0.4, 0.5) is 10.1 Å². The fourth-order valence-electron chi connectivity index (χ4n) is 1.66. The summed E-state index contributed by atoms with van der Waals surface area (Å²) in [7, 11) is 0. The number of thioether (sulfide) groups is 1. The highest BCUT2D eigenvalue weighted by atomic mass is 35.5. The third-order valence-electron chi connectivity index (χ3n) is 2.75. The van der Waals surface area contributed by atoms with Gasteiger partial charge in [0.25, 0.3) is 0 Å². The summed E-state index contributed by atoms with van der Waals surface area (Å²) in [6.45, 7) is 0.163. The molecule has 3 nitrogen and oxygen atoms in total. The summed E-state index contributed by atoms with van der Waals surface area (Å²) in [5.41, 5.74) is 6.72. The highest BCUT2D eigenvalue weighted by molar-refractivity contribution is 8.00. The monoisotopic (exact) mass is 324 g/mol. The molecular weight excluding hydrogens is 311 g/mol. The Bertz CT molecular complexity index is 651. The Morgan fingerprint density at radius 3 is 2.81 bits per heavy atom. The standard InChI is InChI=1S/C15H14ClFN2OS/c16-12-6-5-11(18)7-14(12)21-9-15(20)19-8-10-3-1-2-4-13(10)17/h1-7H,8-9,18H2,(H,19,20). The van der Waals surface area contributed by atoms with E-state index in [2.05, 4.69) is 5.32 Å². The van der Waals surface area contributed by atoms with E-state index in [1.807, 2.05) is 0 Å². The van der Waals surface area contributed by atoms with Crippen LogP contribution in [0.5, 0.6) is 0 Å². The molecule has 0 bridgehead atoms. The number of nitrogens with one attached hydrogen (secondary N) is 1.